The largest absolute Gasteiger partial charge is 0.486 e. The van der Waals surface area contributed by atoms with Gasteiger partial charge >= 0.3 is 11.8 Å². The average Bonchev–Trinajstić information content (AvgIpc) is 3.38. The van der Waals surface area contributed by atoms with E-state index in [4.69, 9.17) is 13.9 Å². The molecule has 2 N–H and O–H groups in total. The third-order valence-corrected chi connectivity index (χ3v) is 5.93. The van der Waals surface area contributed by atoms with E-state index in [0.29, 0.717) is 30.4 Å². The summed E-state index contributed by atoms with van der Waals surface area (Å²) >= 11 is 0. The number of furan rings is 1. The summed E-state index contributed by atoms with van der Waals surface area (Å²) in [5.74, 6) is 0.463. The topological polar surface area (TPSA) is 93.0 Å². The summed E-state index contributed by atoms with van der Waals surface area (Å²) < 4.78 is 16.7. The van der Waals surface area contributed by atoms with Gasteiger partial charge in [-0.15, -0.1) is 0 Å². The van der Waals surface area contributed by atoms with E-state index in [1.54, 1.807) is 24.5 Å². The number of anilines is 1. The minimum Gasteiger partial charge on any atom is -0.486 e. The molecule has 3 aromatic rings. The number of ether oxygens (including phenoxy) is 2. The highest BCUT2D eigenvalue weighted by Crippen LogP contribution is 2.32. The molecule has 1 unspecified atom stereocenters. The van der Waals surface area contributed by atoms with Crippen LogP contribution in [-0.2, 0) is 22.6 Å². The highest BCUT2D eigenvalue weighted by Gasteiger charge is 2.28. The predicted molar refractivity (Wildman–Crippen MR) is 121 cm³/mol. The van der Waals surface area contributed by atoms with Crippen LogP contribution in [0.1, 0.15) is 22.9 Å². The molecule has 2 aliphatic rings. The zero-order chi connectivity index (χ0) is 22.6. The van der Waals surface area contributed by atoms with Crippen LogP contribution >= 0.6 is 0 Å². The Labute approximate surface area is 191 Å². The lowest BCUT2D eigenvalue weighted by molar-refractivity contribution is -0.136. The van der Waals surface area contributed by atoms with Gasteiger partial charge < -0.3 is 24.5 Å². The van der Waals surface area contributed by atoms with Crippen molar-refractivity contribution >= 4 is 17.5 Å². The fraction of sp³-hybridized carbons (Fsp3) is 0.280. The third-order valence-electron chi connectivity index (χ3n) is 5.93. The van der Waals surface area contributed by atoms with Crippen molar-refractivity contribution in [3.63, 3.8) is 0 Å². The summed E-state index contributed by atoms with van der Waals surface area (Å²) in [4.78, 5) is 27.3. The van der Waals surface area contributed by atoms with E-state index in [-0.39, 0.29) is 12.6 Å². The number of carbonyl (C=O) groups excluding carboxylic acids is 2. The molecule has 2 aliphatic heterocycles. The summed E-state index contributed by atoms with van der Waals surface area (Å²) in [7, 11) is 0. The molecule has 0 aliphatic carbocycles. The molecule has 33 heavy (non-hydrogen) atoms. The number of amides is 2. The predicted octanol–water partition coefficient (Wildman–Crippen LogP) is 2.91. The molecule has 1 atom stereocenters. The molecule has 0 fully saturated rings. The van der Waals surface area contributed by atoms with Crippen LogP contribution in [-0.4, -0.2) is 43.0 Å². The maximum atomic E-state index is 12.6. The van der Waals surface area contributed by atoms with Gasteiger partial charge in [-0.2, -0.15) is 0 Å². The molecule has 8 nitrogen and oxygen atoms in total. The standard InChI is InChI=1S/C25H25N3O5/c29-24(25(30)27-19-7-8-22-23(14-19)33-13-12-32-22)26-15-20(21-6-3-11-31-21)28-10-9-17-4-1-2-5-18(17)16-28/h1-8,11,14,20H,9-10,12-13,15-16H2,(H,26,29)(H,27,30). The molecule has 170 valence electrons. The van der Waals surface area contributed by atoms with Crippen LogP contribution < -0.4 is 20.1 Å². The van der Waals surface area contributed by atoms with Crippen LogP contribution in [0.5, 0.6) is 11.5 Å². The summed E-state index contributed by atoms with van der Waals surface area (Å²) in [6.07, 6.45) is 2.54. The summed E-state index contributed by atoms with van der Waals surface area (Å²) in [5, 5.41) is 5.39. The number of rotatable bonds is 5. The third kappa shape index (κ3) is 4.70. The van der Waals surface area contributed by atoms with Crippen LogP contribution in [0.3, 0.4) is 0 Å². The monoisotopic (exact) mass is 447 g/mol. The Balaban J connectivity index is 1.23. The van der Waals surface area contributed by atoms with Gasteiger partial charge in [0.2, 0.25) is 0 Å². The van der Waals surface area contributed by atoms with E-state index < -0.39 is 11.8 Å². The first kappa shape index (κ1) is 21.1. The van der Waals surface area contributed by atoms with E-state index in [2.05, 4.69) is 33.7 Å². The molecule has 0 bridgehead atoms. The molecular formula is C25H25N3O5. The van der Waals surface area contributed by atoms with Gasteiger partial charge in [-0.1, -0.05) is 24.3 Å². The van der Waals surface area contributed by atoms with Gasteiger partial charge in [-0.05, 0) is 41.8 Å². The van der Waals surface area contributed by atoms with Crippen molar-refractivity contribution in [1.82, 2.24) is 10.2 Å². The smallest absolute Gasteiger partial charge is 0.313 e. The molecule has 2 aromatic carbocycles. The maximum Gasteiger partial charge on any atom is 0.313 e. The minimum atomic E-state index is -0.742. The van der Waals surface area contributed by atoms with Gasteiger partial charge in [0.25, 0.3) is 0 Å². The average molecular weight is 447 g/mol. The van der Waals surface area contributed by atoms with Crippen molar-refractivity contribution in [3.05, 3.63) is 77.7 Å². The highest BCUT2D eigenvalue weighted by atomic mass is 16.6. The molecule has 2 amide bonds. The van der Waals surface area contributed by atoms with Crippen LogP contribution in [0.2, 0.25) is 0 Å². The van der Waals surface area contributed by atoms with Gasteiger partial charge in [-0.25, -0.2) is 0 Å². The lowest BCUT2D eigenvalue weighted by atomic mass is 9.98. The molecule has 0 saturated carbocycles. The molecule has 8 heteroatoms. The second kappa shape index (κ2) is 9.38. The van der Waals surface area contributed by atoms with Gasteiger partial charge in [0.05, 0.1) is 12.3 Å². The Morgan fingerprint density at radius 3 is 2.58 bits per heavy atom. The number of benzene rings is 2. The Bertz CT molecular complexity index is 1140. The first-order chi connectivity index (χ1) is 16.2. The molecular weight excluding hydrogens is 422 g/mol. The first-order valence-electron chi connectivity index (χ1n) is 11.0. The van der Waals surface area contributed by atoms with Gasteiger partial charge in [0.15, 0.2) is 11.5 Å². The van der Waals surface area contributed by atoms with Crippen molar-refractivity contribution in [2.24, 2.45) is 0 Å². The van der Waals surface area contributed by atoms with Crippen molar-refractivity contribution in [2.75, 3.05) is 31.6 Å². The van der Waals surface area contributed by atoms with Crippen LogP contribution in [0.4, 0.5) is 5.69 Å². The fourth-order valence-corrected chi connectivity index (χ4v) is 4.25. The Hall–Kier alpha value is -3.78. The van der Waals surface area contributed by atoms with Gasteiger partial charge in [0, 0.05) is 31.4 Å². The first-order valence-corrected chi connectivity index (χ1v) is 11.0. The van der Waals surface area contributed by atoms with Crippen LogP contribution in [0, 0.1) is 0 Å². The van der Waals surface area contributed by atoms with Crippen molar-refractivity contribution < 1.29 is 23.5 Å². The number of fused-ring (bicyclic) bond motifs is 2. The van der Waals surface area contributed by atoms with E-state index >= 15 is 0 Å². The van der Waals surface area contributed by atoms with E-state index in [9.17, 15) is 9.59 Å². The van der Waals surface area contributed by atoms with Gasteiger partial charge in [0.1, 0.15) is 19.0 Å². The Kier molecular flexibility index (Phi) is 5.99. The summed E-state index contributed by atoms with van der Waals surface area (Å²) in [5.41, 5.74) is 3.08. The quantitative estimate of drug-likeness (QED) is 0.585. The normalized spacial score (nSPS) is 15.9. The zero-order valence-corrected chi connectivity index (χ0v) is 18.1. The lowest BCUT2D eigenvalue weighted by Crippen LogP contribution is -2.43. The second-order valence-corrected chi connectivity index (χ2v) is 8.04. The molecule has 0 radical (unpaired) electrons. The molecule has 0 spiro atoms. The Morgan fingerprint density at radius 2 is 1.76 bits per heavy atom. The molecule has 3 heterocycles. The maximum absolute atomic E-state index is 12.6. The minimum absolute atomic E-state index is 0.181. The Morgan fingerprint density at radius 1 is 0.939 bits per heavy atom. The number of hydrogen-bond donors (Lipinski definition) is 2. The highest BCUT2D eigenvalue weighted by molar-refractivity contribution is 6.39. The molecule has 0 saturated heterocycles. The second-order valence-electron chi connectivity index (χ2n) is 8.04. The fourth-order valence-electron chi connectivity index (χ4n) is 4.25. The van der Waals surface area contributed by atoms with Crippen molar-refractivity contribution in [1.29, 1.82) is 0 Å². The summed E-state index contributed by atoms with van der Waals surface area (Å²) in [6.45, 7) is 2.77. The van der Waals surface area contributed by atoms with Crippen LogP contribution in [0.15, 0.2) is 65.3 Å². The number of hydrogen-bond acceptors (Lipinski definition) is 6. The van der Waals surface area contributed by atoms with Crippen molar-refractivity contribution in [3.8, 4) is 11.5 Å². The molecule has 1 aromatic heterocycles. The van der Waals surface area contributed by atoms with Crippen molar-refractivity contribution in [2.45, 2.75) is 19.0 Å². The van der Waals surface area contributed by atoms with Crippen LogP contribution in [0.25, 0.3) is 0 Å². The number of carbonyl (C=O) groups is 2. The summed E-state index contributed by atoms with van der Waals surface area (Å²) in [6, 6.07) is 16.9. The SMILES string of the molecule is O=C(NCC(c1ccco1)N1CCc2ccccc2C1)C(=O)Nc1ccc2c(c1)OCCO2. The zero-order valence-electron chi connectivity index (χ0n) is 18.1. The number of nitrogens with one attached hydrogen (secondary N) is 2. The lowest BCUT2D eigenvalue weighted by Gasteiger charge is -2.34. The number of nitrogens with zero attached hydrogens (tertiary/aromatic N) is 1. The van der Waals surface area contributed by atoms with E-state index in [1.807, 2.05) is 18.2 Å². The van der Waals surface area contributed by atoms with E-state index in [0.717, 1.165) is 25.3 Å². The van der Waals surface area contributed by atoms with E-state index in [1.165, 1.54) is 11.1 Å². The molecule has 5 rings (SSSR count). The van der Waals surface area contributed by atoms with Gasteiger partial charge in [-0.3, -0.25) is 14.5 Å².